The van der Waals surface area contributed by atoms with Crippen LogP contribution in [-0.4, -0.2) is 27.5 Å². The molecule has 1 heterocycles. The lowest BCUT2D eigenvalue weighted by Crippen LogP contribution is -2.32. The largest absolute Gasteiger partial charge is 0.392 e. The Morgan fingerprint density at radius 2 is 1.95 bits per heavy atom. The van der Waals surface area contributed by atoms with Crippen molar-refractivity contribution in [2.45, 2.75) is 52.7 Å². The van der Waals surface area contributed by atoms with Gasteiger partial charge in [-0.25, -0.2) is 0 Å². The molecule has 0 aliphatic heterocycles. The van der Waals surface area contributed by atoms with Gasteiger partial charge in [-0.3, -0.25) is 4.68 Å². The van der Waals surface area contributed by atoms with Crippen LogP contribution in [0.25, 0.3) is 0 Å². The number of nitrogens with one attached hydrogen (secondary N) is 1. The lowest BCUT2D eigenvalue weighted by molar-refractivity contribution is 0.101. The minimum absolute atomic E-state index is 0.271. The van der Waals surface area contributed by atoms with E-state index in [4.69, 9.17) is 0 Å². The second kappa shape index (κ2) is 8.02. The maximum absolute atomic E-state index is 10.1. The van der Waals surface area contributed by atoms with Crippen molar-refractivity contribution in [1.29, 1.82) is 0 Å². The third-order valence-corrected chi connectivity index (χ3v) is 4.66. The second-order valence-corrected chi connectivity index (χ2v) is 5.75. The first-order chi connectivity index (χ1) is 9.04. The SMILES string of the molecule is CCc1nn(C)c(CNCC(O)C(CC)CC)c1Br. The number of hydrogen-bond acceptors (Lipinski definition) is 3. The topological polar surface area (TPSA) is 50.1 Å². The predicted octanol–water partition coefficient (Wildman–Crippen LogP) is 2.63. The summed E-state index contributed by atoms with van der Waals surface area (Å²) in [5, 5.41) is 17.9. The van der Waals surface area contributed by atoms with E-state index in [0.717, 1.165) is 41.7 Å². The number of hydrogen-bond donors (Lipinski definition) is 2. The molecule has 2 N–H and O–H groups in total. The number of aromatic nitrogens is 2. The molecule has 0 fully saturated rings. The number of rotatable bonds is 8. The van der Waals surface area contributed by atoms with E-state index < -0.39 is 0 Å². The molecule has 4 nitrogen and oxygen atoms in total. The van der Waals surface area contributed by atoms with Crippen molar-refractivity contribution in [2.24, 2.45) is 13.0 Å². The fraction of sp³-hybridized carbons (Fsp3) is 0.786. The molecule has 0 amide bonds. The highest BCUT2D eigenvalue weighted by atomic mass is 79.9. The van der Waals surface area contributed by atoms with Crippen molar-refractivity contribution in [3.63, 3.8) is 0 Å². The van der Waals surface area contributed by atoms with Gasteiger partial charge in [0.2, 0.25) is 0 Å². The van der Waals surface area contributed by atoms with Crippen molar-refractivity contribution in [1.82, 2.24) is 15.1 Å². The molecule has 1 aromatic heterocycles. The van der Waals surface area contributed by atoms with E-state index in [9.17, 15) is 5.11 Å². The van der Waals surface area contributed by atoms with E-state index in [1.54, 1.807) is 0 Å². The highest BCUT2D eigenvalue weighted by Crippen LogP contribution is 2.21. The van der Waals surface area contributed by atoms with Gasteiger partial charge in [0.05, 0.1) is 22.0 Å². The molecule has 1 unspecified atom stereocenters. The Hall–Kier alpha value is -0.390. The average Bonchev–Trinajstić information content (AvgIpc) is 2.67. The summed E-state index contributed by atoms with van der Waals surface area (Å²) in [4.78, 5) is 0. The highest BCUT2D eigenvalue weighted by molar-refractivity contribution is 9.10. The molecule has 1 rings (SSSR count). The minimum Gasteiger partial charge on any atom is -0.392 e. The zero-order valence-electron chi connectivity index (χ0n) is 12.4. The minimum atomic E-state index is -0.271. The summed E-state index contributed by atoms with van der Waals surface area (Å²) < 4.78 is 2.99. The summed E-state index contributed by atoms with van der Waals surface area (Å²) in [6.07, 6.45) is 2.70. The molecule has 0 radical (unpaired) electrons. The Kier molecular flexibility index (Phi) is 7.04. The molecule has 0 saturated carbocycles. The Morgan fingerprint density at radius 1 is 1.32 bits per heavy atom. The van der Waals surface area contributed by atoms with Gasteiger partial charge in [-0.15, -0.1) is 0 Å². The van der Waals surface area contributed by atoms with Crippen LogP contribution in [-0.2, 0) is 20.0 Å². The predicted molar refractivity (Wildman–Crippen MR) is 82.1 cm³/mol. The second-order valence-electron chi connectivity index (χ2n) is 4.96. The normalized spacial score (nSPS) is 13.2. The Labute approximate surface area is 124 Å². The van der Waals surface area contributed by atoms with Crippen molar-refractivity contribution in [3.05, 3.63) is 15.9 Å². The molecular weight excluding hydrogens is 306 g/mol. The summed E-state index contributed by atoms with van der Waals surface area (Å²) >= 11 is 3.60. The van der Waals surface area contributed by atoms with Crippen LogP contribution < -0.4 is 5.32 Å². The zero-order chi connectivity index (χ0) is 14.4. The van der Waals surface area contributed by atoms with Crippen molar-refractivity contribution in [2.75, 3.05) is 6.54 Å². The maximum Gasteiger partial charge on any atom is 0.0767 e. The van der Waals surface area contributed by atoms with Gasteiger partial charge in [0.1, 0.15) is 0 Å². The summed E-state index contributed by atoms with van der Waals surface area (Å²) in [7, 11) is 1.96. The summed E-state index contributed by atoms with van der Waals surface area (Å²) in [5.41, 5.74) is 2.22. The first-order valence-corrected chi connectivity index (χ1v) is 7.93. The van der Waals surface area contributed by atoms with Crippen LogP contribution in [0.15, 0.2) is 4.47 Å². The number of aliphatic hydroxyl groups is 1. The summed E-state index contributed by atoms with van der Waals surface area (Å²) in [6, 6.07) is 0. The standard InChI is InChI=1S/C14H26BrN3O/c1-5-10(6-2)13(19)9-16-8-12-14(15)11(7-3)17-18(12)4/h10,13,16,19H,5-9H2,1-4H3. The number of aryl methyl sites for hydroxylation is 2. The monoisotopic (exact) mass is 331 g/mol. The highest BCUT2D eigenvalue weighted by Gasteiger charge is 2.16. The van der Waals surface area contributed by atoms with Gasteiger partial charge in [0.25, 0.3) is 0 Å². The molecule has 1 atom stereocenters. The lowest BCUT2D eigenvalue weighted by Gasteiger charge is -2.20. The van der Waals surface area contributed by atoms with Gasteiger partial charge in [-0.2, -0.15) is 5.10 Å². The van der Waals surface area contributed by atoms with E-state index in [1.807, 2.05) is 11.7 Å². The zero-order valence-corrected chi connectivity index (χ0v) is 14.0. The first kappa shape index (κ1) is 16.7. The van der Waals surface area contributed by atoms with Crippen LogP contribution in [0.3, 0.4) is 0 Å². The number of aliphatic hydroxyl groups excluding tert-OH is 1. The molecule has 110 valence electrons. The van der Waals surface area contributed by atoms with Crippen molar-refractivity contribution < 1.29 is 5.11 Å². The molecule has 0 aromatic carbocycles. The molecule has 0 saturated heterocycles. The van der Waals surface area contributed by atoms with E-state index in [2.05, 4.69) is 47.1 Å². The van der Waals surface area contributed by atoms with Crippen LogP contribution in [0.1, 0.15) is 45.0 Å². The third kappa shape index (κ3) is 4.29. The smallest absolute Gasteiger partial charge is 0.0767 e. The molecular formula is C14H26BrN3O. The number of nitrogens with zero attached hydrogens (tertiary/aromatic N) is 2. The van der Waals surface area contributed by atoms with Gasteiger partial charge in [-0.1, -0.05) is 33.6 Å². The van der Waals surface area contributed by atoms with E-state index in [0.29, 0.717) is 12.5 Å². The van der Waals surface area contributed by atoms with Gasteiger partial charge in [0.15, 0.2) is 0 Å². The van der Waals surface area contributed by atoms with E-state index in [1.165, 1.54) is 0 Å². The fourth-order valence-electron chi connectivity index (χ4n) is 2.35. The van der Waals surface area contributed by atoms with Gasteiger partial charge in [0, 0.05) is 20.1 Å². The Bertz CT molecular complexity index is 388. The summed E-state index contributed by atoms with van der Waals surface area (Å²) in [6.45, 7) is 7.71. The quantitative estimate of drug-likeness (QED) is 0.769. The van der Waals surface area contributed by atoms with Crippen LogP contribution in [0.5, 0.6) is 0 Å². The van der Waals surface area contributed by atoms with Gasteiger partial charge < -0.3 is 10.4 Å². The summed E-state index contributed by atoms with van der Waals surface area (Å²) in [5.74, 6) is 0.383. The van der Waals surface area contributed by atoms with Crippen LogP contribution in [0.4, 0.5) is 0 Å². The Morgan fingerprint density at radius 3 is 2.42 bits per heavy atom. The Balaban J connectivity index is 2.51. The van der Waals surface area contributed by atoms with E-state index >= 15 is 0 Å². The van der Waals surface area contributed by atoms with Gasteiger partial charge >= 0.3 is 0 Å². The van der Waals surface area contributed by atoms with E-state index in [-0.39, 0.29) is 6.10 Å². The molecule has 0 aliphatic rings. The van der Waals surface area contributed by atoms with Crippen molar-refractivity contribution in [3.8, 4) is 0 Å². The molecule has 0 spiro atoms. The van der Waals surface area contributed by atoms with Crippen LogP contribution in [0, 0.1) is 5.92 Å². The number of halogens is 1. The van der Waals surface area contributed by atoms with Crippen LogP contribution in [0.2, 0.25) is 0 Å². The first-order valence-electron chi connectivity index (χ1n) is 7.14. The fourth-order valence-corrected chi connectivity index (χ4v) is 3.11. The van der Waals surface area contributed by atoms with Crippen LogP contribution >= 0.6 is 15.9 Å². The molecule has 19 heavy (non-hydrogen) atoms. The average molecular weight is 332 g/mol. The third-order valence-electron chi connectivity index (χ3n) is 3.74. The maximum atomic E-state index is 10.1. The molecule has 0 bridgehead atoms. The molecule has 5 heteroatoms. The van der Waals surface area contributed by atoms with Crippen molar-refractivity contribution >= 4 is 15.9 Å². The molecule has 1 aromatic rings. The molecule has 0 aliphatic carbocycles. The van der Waals surface area contributed by atoms with Gasteiger partial charge in [-0.05, 0) is 28.3 Å². The lowest BCUT2D eigenvalue weighted by atomic mass is 9.96.